The molecule has 33 heavy (non-hydrogen) atoms. The smallest absolute Gasteiger partial charge is 0.132 e. The van der Waals surface area contributed by atoms with Gasteiger partial charge in [0.05, 0.1) is 23.3 Å². The molecule has 0 heterocycles. The Bertz CT molecular complexity index is 1260. The average molecular weight is 471 g/mol. The molecule has 0 aliphatic carbocycles. The standard InChI is InChI=1S/C27H16F2N2S2/c28-26-13-22(9-11-24(26)20-5-1-18(15-30)2-6-20)32-17-33-23-10-12-25(27(29)14-23)21-7-3-19(16-31)4-8-21/h1-14H,17H2. The summed E-state index contributed by atoms with van der Waals surface area (Å²) in [5, 5.41) is 18.4. The molecule has 2 nitrogen and oxygen atoms in total. The average Bonchev–Trinajstić information content (AvgIpc) is 2.84. The zero-order valence-corrected chi connectivity index (χ0v) is 18.9. The molecule has 0 N–H and O–H groups in total. The van der Waals surface area contributed by atoms with Gasteiger partial charge in [-0.15, -0.1) is 23.5 Å². The van der Waals surface area contributed by atoms with Crippen LogP contribution in [0.1, 0.15) is 11.1 Å². The van der Waals surface area contributed by atoms with Crippen LogP contribution in [0.3, 0.4) is 0 Å². The maximum Gasteiger partial charge on any atom is 0.132 e. The van der Waals surface area contributed by atoms with E-state index >= 15 is 0 Å². The van der Waals surface area contributed by atoms with Crippen molar-refractivity contribution in [3.05, 3.63) is 108 Å². The van der Waals surface area contributed by atoms with Crippen molar-refractivity contribution in [3.8, 4) is 34.4 Å². The van der Waals surface area contributed by atoms with Crippen molar-refractivity contribution in [3.63, 3.8) is 0 Å². The van der Waals surface area contributed by atoms with Crippen molar-refractivity contribution >= 4 is 23.5 Å². The Hall–Kier alpha value is -3.58. The first-order valence-corrected chi connectivity index (χ1v) is 11.9. The Kier molecular flexibility index (Phi) is 7.10. The number of benzene rings is 4. The summed E-state index contributed by atoms with van der Waals surface area (Å²) in [6.45, 7) is 0. The number of nitriles is 2. The molecule has 0 radical (unpaired) electrons. The lowest BCUT2D eigenvalue weighted by atomic mass is 10.0. The summed E-state index contributed by atoms with van der Waals surface area (Å²) >= 11 is 2.95. The van der Waals surface area contributed by atoms with Crippen molar-refractivity contribution in [1.29, 1.82) is 10.5 Å². The summed E-state index contributed by atoms with van der Waals surface area (Å²) in [5.41, 5.74) is 3.47. The number of hydrogen-bond donors (Lipinski definition) is 0. The highest BCUT2D eigenvalue weighted by atomic mass is 32.2. The van der Waals surface area contributed by atoms with Crippen molar-refractivity contribution in [2.45, 2.75) is 9.79 Å². The molecule has 0 saturated carbocycles. The highest BCUT2D eigenvalue weighted by molar-refractivity contribution is 8.16. The van der Waals surface area contributed by atoms with Crippen molar-refractivity contribution < 1.29 is 8.78 Å². The zero-order valence-electron chi connectivity index (χ0n) is 17.3. The van der Waals surface area contributed by atoms with Crippen LogP contribution in [0, 0.1) is 34.3 Å². The second-order valence-corrected chi connectivity index (χ2v) is 9.53. The van der Waals surface area contributed by atoms with Crippen molar-refractivity contribution in [1.82, 2.24) is 0 Å². The molecule has 0 amide bonds. The first-order chi connectivity index (χ1) is 16.1. The van der Waals surface area contributed by atoms with Gasteiger partial charge < -0.3 is 0 Å². The zero-order chi connectivity index (χ0) is 23.2. The van der Waals surface area contributed by atoms with Crippen LogP contribution in [0.15, 0.2) is 94.7 Å². The monoisotopic (exact) mass is 470 g/mol. The lowest BCUT2D eigenvalue weighted by Crippen LogP contribution is -1.87. The number of rotatable bonds is 6. The molecule has 0 aromatic heterocycles. The van der Waals surface area contributed by atoms with Gasteiger partial charge in [-0.3, -0.25) is 0 Å². The van der Waals surface area contributed by atoms with Crippen LogP contribution in [-0.4, -0.2) is 5.08 Å². The van der Waals surface area contributed by atoms with Crippen LogP contribution < -0.4 is 0 Å². The van der Waals surface area contributed by atoms with Gasteiger partial charge in [0.25, 0.3) is 0 Å². The summed E-state index contributed by atoms with van der Waals surface area (Å²) in [7, 11) is 0. The van der Waals surface area contributed by atoms with E-state index in [1.54, 1.807) is 60.7 Å². The minimum absolute atomic E-state index is 0.326. The number of halogens is 2. The molecule has 0 fully saturated rings. The molecule has 0 aliphatic heterocycles. The van der Waals surface area contributed by atoms with E-state index in [-0.39, 0.29) is 11.6 Å². The molecule has 4 rings (SSSR count). The van der Waals surface area contributed by atoms with Gasteiger partial charge in [0.1, 0.15) is 11.6 Å². The molecule has 0 bridgehead atoms. The number of thioether (sulfide) groups is 2. The minimum atomic E-state index is -0.326. The lowest BCUT2D eigenvalue weighted by Gasteiger charge is -2.08. The third-order valence-corrected chi connectivity index (χ3v) is 7.10. The number of hydrogen-bond acceptors (Lipinski definition) is 4. The second kappa shape index (κ2) is 10.4. The summed E-state index contributed by atoms with van der Waals surface area (Å²) < 4.78 is 29.2. The Morgan fingerprint density at radius 1 is 0.576 bits per heavy atom. The van der Waals surface area contributed by atoms with Crippen LogP contribution in [0.5, 0.6) is 0 Å². The van der Waals surface area contributed by atoms with E-state index in [0.717, 1.165) is 20.9 Å². The van der Waals surface area contributed by atoms with E-state index in [9.17, 15) is 8.78 Å². The van der Waals surface area contributed by atoms with E-state index in [1.165, 1.54) is 35.7 Å². The van der Waals surface area contributed by atoms with Gasteiger partial charge in [0, 0.05) is 26.0 Å². The van der Waals surface area contributed by atoms with Crippen LogP contribution in [0.4, 0.5) is 8.78 Å². The maximum atomic E-state index is 14.6. The van der Waals surface area contributed by atoms with Gasteiger partial charge in [-0.05, 0) is 59.7 Å². The van der Waals surface area contributed by atoms with Gasteiger partial charge in [-0.1, -0.05) is 36.4 Å². The lowest BCUT2D eigenvalue weighted by molar-refractivity contribution is 0.627. The Labute approximate surface area is 199 Å². The predicted molar refractivity (Wildman–Crippen MR) is 130 cm³/mol. The van der Waals surface area contributed by atoms with Crippen molar-refractivity contribution in [2.75, 3.05) is 5.08 Å². The fraction of sp³-hybridized carbons (Fsp3) is 0.0370. The molecular formula is C27H16F2N2S2. The third-order valence-electron chi connectivity index (χ3n) is 4.98. The van der Waals surface area contributed by atoms with Gasteiger partial charge in [0.15, 0.2) is 0 Å². The fourth-order valence-corrected chi connectivity index (χ4v) is 5.28. The Balaban J connectivity index is 1.38. The molecular weight excluding hydrogens is 454 g/mol. The van der Waals surface area contributed by atoms with Gasteiger partial charge >= 0.3 is 0 Å². The van der Waals surface area contributed by atoms with Crippen LogP contribution >= 0.6 is 23.5 Å². The molecule has 0 spiro atoms. The number of nitrogens with zero attached hydrogens (tertiary/aromatic N) is 2. The first kappa shape index (κ1) is 22.6. The van der Waals surface area contributed by atoms with Gasteiger partial charge in [-0.2, -0.15) is 10.5 Å². The Morgan fingerprint density at radius 3 is 1.30 bits per heavy atom. The molecule has 0 aliphatic rings. The molecule has 4 aromatic carbocycles. The summed E-state index contributed by atoms with van der Waals surface area (Å²) in [6.07, 6.45) is 0. The molecule has 0 unspecified atom stereocenters. The van der Waals surface area contributed by atoms with Gasteiger partial charge in [0.2, 0.25) is 0 Å². The quantitative estimate of drug-likeness (QED) is 0.212. The summed E-state index contributed by atoms with van der Waals surface area (Å²) in [6, 6.07) is 27.9. The summed E-state index contributed by atoms with van der Waals surface area (Å²) in [4.78, 5) is 1.57. The van der Waals surface area contributed by atoms with Crippen LogP contribution in [0.25, 0.3) is 22.3 Å². The van der Waals surface area contributed by atoms with Crippen molar-refractivity contribution in [2.24, 2.45) is 0 Å². The summed E-state index contributed by atoms with van der Waals surface area (Å²) in [5.74, 6) is -0.653. The maximum absolute atomic E-state index is 14.6. The largest absolute Gasteiger partial charge is 0.206 e. The molecule has 6 heteroatoms. The topological polar surface area (TPSA) is 47.6 Å². The SMILES string of the molecule is N#Cc1ccc(-c2ccc(SCSc3ccc(-c4ccc(C#N)cc4)c(F)c3)cc2F)cc1. The third kappa shape index (κ3) is 5.43. The van der Waals surface area contributed by atoms with Crippen LogP contribution in [0.2, 0.25) is 0 Å². The van der Waals surface area contributed by atoms with Gasteiger partial charge in [-0.25, -0.2) is 8.78 Å². The minimum Gasteiger partial charge on any atom is -0.206 e. The molecule has 0 saturated heterocycles. The normalized spacial score (nSPS) is 10.4. The molecule has 160 valence electrons. The van der Waals surface area contributed by atoms with E-state index < -0.39 is 0 Å². The van der Waals surface area contributed by atoms with E-state index in [1.807, 2.05) is 12.1 Å². The highest BCUT2D eigenvalue weighted by Crippen LogP contribution is 2.33. The second-order valence-electron chi connectivity index (χ2n) is 7.07. The fourth-order valence-electron chi connectivity index (χ4n) is 3.25. The van der Waals surface area contributed by atoms with E-state index in [4.69, 9.17) is 10.5 Å². The van der Waals surface area contributed by atoms with E-state index in [2.05, 4.69) is 12.1 Å². The molecule has 4 aromatic rings. The molecule has 0 atom stereocenters. The predicted octanol–water partition coefficient (Wildman–Crippen LogP) is 7.88. The Morgan fingerprint density at radius 2 is 0.970 bits per heavy atom. The van der Waals surface area contributed by atoms with E-state index in [0.29, 0.717) is 27.3 Å². The van der Waals surface area contributed by atoms with Crippen LogP contribution in [-0.2, 0) is 0 Å². The highest BCUT2D eigenvalue weighted by Gasteiger charge is 2.09. The first-order valence-electron chi connectivity index (χ1n) is 9.93.